The van der Waals surface area contributed by atoms with Gasteiger partial charge in [0, 0.05) is 42.9 Å². The van der Waals surface area contributed by atoms with Crippen molar-refractivity contribution in [3.05, 3.63) is 12.2 Å². The van der Waals surface area contributed by atoms with Gasteiger partial charge in [-0.3, -0.25) is 4.79 Å². The molecule has 0 N–H and O–H groups in total. The Morgan fingerprint density at radius 3 is 2.59 bits per heavy atom. The van der Waals surface area contributed by atoms with Gasteiger partial charge in [0.25, 0.3) is 0 Å². The lowest BCUT2D eigenvalue weighted by Crippen LogP contribution is -2.46. The molecule has 1 aliphatic carbocycles. The van der Waals surface area contributed by atoms with Crippen LogP contribution in [0.5, 0.6) is 0 Å². The van der Waals surface area contributed by atoms with E-state index in [1.807, 2.05) is 6.33 Å². The van der Waals surface area contributed by atoms with Crippen LogP contribution in [0.1, 0.15) is 83.9 Å². The zero-order valence-electron chi connectivity index (χ0n) is 18.6. The summed E-state index contributed by atoms with van der Waals surface area (Å²) in [5.74, 6) is 2.10. The normalized spacial score (nSPS) is 25.9. The summed E-state index contributed by atoms with van der Waals surface area (Å²) in [5.41, 5.74) is 0.161. The van der Waals surface area contributed by atoms with Crippen LogP contribution in [-0.2, 0) is 11.3 Å². The molecule has 0 bridgehead atoms. The first-order valence-electron chi connectivity index (χ1n) is 11.9. The minimum absolute atomic E-state index is 0.161. The first-order chi connectivity index (χ1) is 14.0. The van der Waals surface area contributed by atoms with Crippen LogP contribution in [0, 0.1) is 11.3 Å². The van der Waals surface area contributed by atoms with Gasteiger partial charge in [-0.25, -0.2) is 0 Å². The summed E-state index contributed by atoms with van der Waals surface area (Å²) in [6.07, 6.45) is 11.2. The van der Waals surface area contributed by atoms with E-state index in [1.54, 1.807) is 0 Å². The largest absolute Gasteiger partial charge is 0.341 e. The van der Waals surface area contributed by atoms with Gasteiger partial charge in [-0.2, -0.15) is 0 Å². The van der Waals surface area contributed by atoms with Gasteiger partial charge in [-0.15, -0.1) is 10.2 Å². The van der Waals surface area contributed by atoms with Crippen molar-refractivity contribution < 1.29 is 4.79 Å². The number of hydrogen-bond donors (Lipinski definition) is 0. The van der Waals surface area contributed by atoms with Gasteiger partial charge in [-0.1, -0.05) is 26.2 Å². The van der Waals surface area contributed by atoms with Gasteiger partial charge < -0.3 is 14.4 Å². The molecule has 4 rings (SSSR count). The maximum absolute atomic E-state index is 13.4. The molecular weight excluding hydrogens is 362 g/mol. The van der Waals surface area contributed by atoms with Crippen molar-refractivity contribution in [3.8, 4) is 0 Å². The minimum Gasteiger partial charge on any atom is -0.341 e. The molecule has 29 heavy (non-hydrogen) atoms. The smallest absolute Gasteiger partial charge is 0.225 e. The van der Waals surface area contributed by atoms with E-state index in [0.29, 0.717) is 17.9 Å². The average molecular weight is 402 g/mol. The SMILES string of the molecule is CCCn1cnnc1C1CN(C(=O)C2CCCCC2)CC12CCN(C(C)C)CC2. The molecule has 1 saturated carbocycles. The lowest BCUT2D eigenvalue weighted by molar-refractivity contribution is -0.136. The van der Waals surface area contributed by atoms with Crippen LogP contribution >= 0.6 is 0 Å². The predicted molar refractivity (Wildman–Crippen MR) is 115 cm³/mol. The number of piperidine rings is 1. The highest BCUT2D eigenvalue weighted by molar-refractivity contribution is 5.79. The summed E-state index contributed by atoms with van der Waals surface area (Å²) in [5, 5.41) is 8.85. The van der Waals surface area contributed by atoms with Gasteiger partial charge in [-0.05, 0) is 59.0 Å². The van der Waals surface area contributed by atoms with E-state index in [1.165, 1.54) is 19.3 Å². The zero-order valence-corrected chi connectivity index (χ0v) is 18.6. The fourth-order valence-corrected chi connectivity index (χ4v) is 6.04. The number of carbonyl (C=O) groups is 1. The van der Waals surface area contributed by atoms with Gasteiger partial charge in [0.1, 0.15) is 12.2 Å². The number of likely N-dealkylation sites (tertiary alicyclic amines) is 2. The Bertz CT molecular complexity index is 685. The van der Waals surface area contributed by atoms with Crippen molar-refractivity contribution in [2.75, 3.05) is 26.2 Å². The quantitative estimate of drug-likeness (QED) is 0.755. The standard InChI is InChI=1S/C23H39N5O/c1-4-12-27-17-24-25-21(27)20-15-28(22(29)19-8-6-5-7-9-19)16-23(20)10-13-26(14-11-23)18(2)3/h17-20H,4-16H2,1-3H3. The van der Waals surface area contributed by atoms with Crippen LogP contribution in [0.15, 0.2) is 6.33 Å². The van der Waals surface area contributed by atoms with E-state index < -0.39 is 0 Å². The van der Waals surface area contributed by atoms with Crippen molar-refractivity contribution in [1.82, 2.24) is 24.6 Å². The molecule has 3 fully saturated rings. The minimum atomic E-state index is 0.161. The summed E-state index contributed by atoms with van der Waals surface area (Å²) < 4.78 is 2.25. The van der Waals surface area contributed by atoms with Crippen LogP contribution in [-0.4, -0.2) is 62.7 Å². The second kappa shape index (κ2) is 8.75. The summed E-state index contributed by atoms with van der Waals surface area (Å²) in [7, 11) is 0. The molecule has 1 aromatic heterocycles. The van der Waals surface area contributed by atoms with E-state index in [9.17, 15) is 4.79 Å². The third kappa shape index (κ3) is 4.10. The number of nitrogens with zero attached hydrogens (tertiary/aromatic N) is 5. The zero-order chi connectivity index (χ0) is 20.4. The van der Waals surface area contributed by atoms with Crippen LogP contribution in [0.4, 0.5) is 0 Å². The van der Waals surface area contributed by atoms with E-state index >= 15 is 0 Å². The second-order valence-electron chi connectivity index (χ2n) is 9.98. The molecule has 1 unspecified atom stereocenters. The highest BCUT2D eigenvalue weighted by Crippen LogP contribution is 2.50. The number of carbonyl (C=O) groups excluding carboxylic acids is 1. The number of amides is 1. The average Bonchev–Trinajstić information content (AvgIpc) is 3.33. The van der Waals surface area contributed by atoms with Crippen LogP contribution in [0.25, 0.3) is 0 Å². The fraction of sp³-hybridized carbons (Fsp3) is 0.870. The Kier molecular flexibility index (Phi) is 6.28. The lowest BCUT2D eigenvalue weighted by atomic mass is 9.70. The fourth-order valence-electron chi connectivity index (χ4n) is 6.04. The van der Waals surface area contributed by atoms with Crippen molar-refractivity contribution in [2.45, 2.75) is 90.6 Å². The van der Waals surface area contributed by atoms with Crippen molar-refractivity contribution >= 4 is 5.91 Å². The Labute approximate surface area is 176 Å². The van der Waals surface area contributed by atoms with Crippen LogP contribution in [0.3, 0.4) is 0 Å². The highest BCUT2D eigenvalue weighted by atomic mass is 16.2. The van der Waals surface area contributed by atoms with Crippen molar-refractivity contribution in [1.29, 1.82) is 0 Å². The molecule has 3 aliphatic rings. The molecule has 2 aliphatic heterocycles. The maximum atomic E-state index is 13.4. The molecule has 2 saturated heterocycles. The van der Waals surface area contributed by atoms with Gasteiger partial charge in [0.05, 0.1) is 0 Å². The Hall–Kier alpha value is -1.43. The van der Waals surface area contributed by atoms with Crippen LogP contribution < -0.4 is 0 Å². The number of aromatic nitrogens is 3. The number of hydrogen-bond acceptors (Lipinski definition) is 4. The van der Waals surface area contributed by atoms with E-state index in [2.05, 4.69) is 45.3 Å². The predicted octanol–water partition coefficient (Wildman–Crippen LogP) is 3.68. The maximum Gasteiger partial charge on any atom is 0.225 e. The van der Waals surface area contributed by atoms with Gasteiger partial charge >= 0.3 is 0 Å². The second-order valence-corrected chi connectivity index (χ2v) is 9.98. The van der Waals surface area contributed by atoms with E-state index in [-0.39, 0.29) is 11.3 Å². The molecule has 6 heteroatoms. The topological polar surface area (TPSA) is 54.3 Å². The monoisotopic (exact) mass is 401 g/mol. The molecule has 1 spiro atoms. The molecular formula is C23H39N5O. The van der Waals surface area contributed by atoms with Gasteiger partial charge in [0.15, 0.2) is 0 Å². The molecule has 1 atom stereocenters. The Morgan fingerprint density at radius 2 is 1.93 bits per heavy atom. The number of aryl methyl sites for hydroxylation is 1. The molecule has 6 nitrogen and oxygen atoms in total. The van der Waals surface area contributed by atoms with E-state index in [0.717, 1.165) is 70.7 Å². The molecule has 1 amide bonds. The lowest BCUT2D eigenvalue weighted by Gasteiger charge is -2.43. The Balaban J connectivity index is 1.58. The Morgan fingerprint density at radius 1 is 1.21 bits per heavy atom. The first-order valence-corrected chi connectivity index (χ1v) is 11.9. The van der Waals surface area contributed by atoms with Crippen molar-refractivity contribution in [3.63, 3.8) is 0 Å². The third-order valence-corrected chi connectivity index (χ3v) is 7.86. The van der Waals surface area contributed by atoms with Crippen molar-refractivity contribution in [2.24, 2.45) is 11.3 Å². The molecule has 0 radical (unpaired) electrons. The molecule has 162 valence electrons. The first kappa shape index (κ1) is 20.8. The summed E-state index contributed by atoms with van der Waals surface area (Å²) in [4.78, 5) is 18.2. The summed E-state index contributed by atoms with van der Waals surface area (Å²) in [6, 6.07) is 0.593. The van der Waals surface area contributed by atoms with Gasteiger partial charge in [0.2, 0.25) is 5.91 Å². The molecule has 3 heterocycles. The summed E-state index contributed by atoms with van der Waals surface area (Å²) in [6.45, 7) is 11.8. The number of rotatable bonds is 5. The molecule has 1 aromatic rings. The third-order valence-electron chi connectivity index (χ3n) is 7.86. The van der Waals surface area contributed by atoms with E-state index in [4.69, 9.17) is 0 Å². The molecule has 0 aromatic carbocycles. The summed E-state index contributed by atoms with van der Waals surface area (Å²) >= 11 is 0. The van der Waals surface area contributed by atoms with Crippen LogP contribution in [0.2, 0.25) is 0 Å². The highest BCUT2D eigenvalue weighted by Gasteiger charge is 2.52.